The van der Waals surface area contributed by atoms with Crippen molar-refractivity contribution in [3.63, 3.8) is 0 Å². The monoisotopic (exact) mass is 303 g/mol. The summed E-state index contributed by atoms with van der Waals surface area (Å²) in [5, 5.41) is 17.4. The first kappa shape index (κ1) is 17.7. The second-order valence-corrected chi connectivity index (χ2v) is 4.54. The molecule has 118 valence electrons. The van der Waals surface area contributed by atoms with Gasteiger partial charge >= 0.3 is 5.97 Å². The van der Waals surface area contributed by atoms with Crippen molar-refractivity contribution in [2.24, 2.45) is 5.73 Å². The van der Waals surface area contributed by atoms with Crippen LogP contribution in [0.5, 0.6) is 5.75 Å². The van der Waals surface area contributed by atoms with Crippen LogP contribution in [0, 0.1) is 0 Å². The molecule has 5 nitrogen and oxygen atoms in total. The number of carboxylic acids is 1. The van der Waals surface area contributed by atoms with Crippen molar-refractivity contribution in [3.8, 4) is 5.75 Å². The standard InChI is InChI=1S/C9H13NO.C8H8O3/c1-11-9-4-2-3-8(7-9)5-6-10;9-7(8(10)11)6-4-2-1-3-5-6/h2-4,7H,5-6,10H2,1H3;1-5,7,9H,(H,10,11). The smallest absolute Gasteiger partial charge is 0.337 e. The number of aliphatic carboxylic acids is 1. The largest absolute Gasteiger partial charge is 0.497 e. The van der Waals surface area contributed by atoms with Gasteiger partial charge in [0, 0.05) is 0 Å². The Bertz CT molecular complexity index is 572. The molecule has 0 aliphatic heterocycles. The SMILES string of the molecule is COc1cccc(CCN)c1.O=C(O)C(O)c1ccccc1. The predicted molar refractivity (Wildman–Crippen MR) is 84.8 cm³/mol. The maximum atomic E-state index is 10.2. The van der Waals surface area contributed by atoms with Crippen molar-refractivity contribution in [2.75, 3.05) is 13.7 Å². The lowest BCUT2D eigenvalue weighted by atomic mass is 10.1. The van der Waals surface area contributed by atoms with E-state index in [2.05, 4.69) is 6.07 Å². The molecule has 2 rings (SSSR count). The van der Waals surface area contributed by atoms with Crippen LogP contribution in [0.4, 0.5) is 0 Å². The summed E-state index contributed by atoms with van der Waals surface area (Å²) < 4.78 is 5.06. The first-order chi connectivity index (χ1) is 10.6. The number of benzene rings is 2. The molecule has 2 aromatic rings. The summed E-state index contributed by atoms with van der Waals surface area (Å²) in [5.41, 5.74) is 7.04. The normalized spacial score (nSPS) is 11.0. The molecule has 0 aliphatic rings. The lowest BCUT2D eigenvalue weighted by Gasteiger charge is -2.03. The minimum Gasteiger partial charge on any atom is -0.497 e. The Morgan fingerprint density at radius 1 is 1.18 bits per heavy atom. The maximum Gasteiger partial charge on any atom is 0.337 e. The molecule has 5 heteroatoms. The van der Waals surface area contributed by atoms with Gasteiger partial charge in [-0.05, 0) is 36.2 Å². The van der Waals surface area contributed by atoms with E-state index >= 15 is 0 Å². The van der Waals surface area contributed by atoms with Crippen LogP contribution >= 0.6 is 0 Å². The van der Waals surface area contributed by atoms with Crippen LogP contribution in [-0.2, 0) is 11.2 Å². The van der Waals surface area contributed by atoms with E-state index < -0.39 is 12.1 Å². The lowest BCUT2D eigenvalue weighted by Crippen LogP contribution is -2.09. The Balaban J connectivity index is 0.000000220. The van der Waals surface area contributed by atoms with Crippen LogP contribution < -0.4 is 10.5 Å². The van der Waals surface area contributed by atoms with Crippen molar-refractivity contribution in [3.05, 3.63) is 65.7 Å². The molecule has 0 spiro atoms. The summed E-state index contributed by atoms with van der Waals surface area (Å²) in [7, 11) is 1.67. The van der Waals surface area contributed by atoms with E-state index in [1.54, 1.807) is 37.4 Å². The highest BCUT2D eigenvalue weighted by Gasteiger charge is 2.14. The van der Waals surface area contributed by atoms with E-state index in [1.165, 1.54) is 5.56 Å². The number of aliphatic hydroxyl groups is 1. The molecule has 4 N–H and O–H groups in total. The molecule has 0 heterocycles. The number of rotatable bonds is 5. The zero-order valence-electron chi connectivity index (χ0n) is 12.5. The molecule has 22 heavy (non-hydrogen) atoms. The minimum atomic E-state index is -1.41. The number of methoxy groups -OCH3 is 1. The number of carbonyl (C=O) groups is 1. The van der Waals surface area contributed by atoms with E-state index in [0.717, 1.165) is 12.2 Å². The zero-order chi connectivity index (χ0) is 16.4. The summed E-state index contributed by atoms with van der Waals surface area (Å²) in [6.45, 7) is 0.688. The highest BCUT2D eigenvalue weighted by atomic mass is 16.5. The summed E-state index contributed by atoms with van der Waals surface area (Å²) in [5.74, 6) is -0.327. The Labute approximate surface area is 130 Å². The molecule has 0 aromatic heterocycles. The Morgan fingerprint density at radius 3 is 2.41 bits per heavy atom. The van der Waals surface area contributed by atoms with Crippen LogP contribution in [0.3, 0.4) is 0 Å². The zero-order valence-corrected chi connectivity index (χ0v) is 12.5. The van der Waals surface area contributed by atoms with E-state index in [4.69, 9.17) is 20.7 Å². The van der Waals surface area contributed by atoms with Crippen molar-refractivity contribution in [2.45, 2.75) is 12.5 Å². The number of hydrogen-bond donors (Lipinski definition) is 3. The number of ether oxygens (including phenoxy) is 1. The molecule has 0 radical (unpaired) electrons. The molecular weight excluding hydrogens is 282 g/mol. The molecule has 1 unspecified atom stereocenters. The van der Waals surface area contributed by atoms with E-state index in [9.17, 15) is 4.79 Å². The second kappa shape index (κ2) is 9.55. The molecule has 0 saturated heterocycles. The molecule has 0 saturated carbocycles. The predicted octanol–water partition coefficient (Wildman–Crippen LogP) is 2.00. The van der Waals surface area contributed by atoms with E-state index in [1.807, 2.05) is 18.2 Å². The van der Waals surface area contributed by atoms with Crippen LogP contribution in [0.15, 0.2) is 54.6 Å². The highest BCUT2D eigenvalue weighted by Crippen LogP contribution is 2.12. The van der Waals surface area contributed by atoms with Crippen molar-refractivity contribution < 1.29 is 19.7 Å². The average molecular weight is 303 g/mol. The van der Waals surface area contributed by atoms with Gasteiger partial charge in [-0.15, -0.1) is 0 Å². The van der Waals surface area contributed by atoms with Gasteiger partial charge in [0.1, 0.15) is 5.75 Å². The molecule has 2 aromatic carbocycles. The van der Waals surface area contributed by atoms with Crippen molar-refractivity contribution >= 4 is 5.97 Å². The number of carboxylic acid groups (broad SMARTS) is 1. The first-order valence-corrected chi connectivity index (χ1v) is 6.87. The summed E-state index contributed by atoms with van der Waals surface area (Å²) in [6.07, 6.45) is -0.492. The minimum absolute atomic E-state index is 0.403. The van der Waals surface area contributed by atoms with Crippen LogP contribution in [0.25, 0.3) is 0 Å². The van der Waals surface area contributed by atoms with Gasteiger partial charge in [0.15, 0.2) is 6.10 Å². The third-order valence-corrected chi connectivity index (χ3v) is 2.92. The van der Waals surface area contributed by atoms with Crippen LogP contribution in [0.1, 0.15) is 17.2 Å². The van der Waals surface area contributed by atoms with Crippen molar-refractivity contribution in [1.29, 1.82) is 0 Å². The Hall–Kier alpha value is -2.37. The molecule has 1 atom stereocenters. The van der Waals surface area contributed by atoms with Gasteiger partial charge in [-0.2, -0.15) is 0 Å². The fourth-order valence-electron chi connectivity index (χ4n) is 1.77. The average Bonchev–Trinajstić information content (AvgIpc) is 2.56. The summed E-state index contributed by atoms with van der Waals surface area (Å²) >= 11 is 0. The molecule has 0 amide bonds. The van der Waals surface area contributed by atoms with Gasteiger partial charge in [0.25, 0.3) is 0 Å². The van der Waals surface area contributed by atoms with Crippen LogP contribution in [-0.4, -0.2) is 29.8 Å². The Morgan fingerprint density at radius 2 is 1.86 bits per heavy atom. The van der Waals surface area contributed by atoms with Gasteiger partial charge in [0.05, 0.1) is 7.11 Å². The van der Waals surface area contributed by atoms with Gasteiger partial charge in [-0.1, -0.05) is 42.5 Å². The summed E-state index contributed by atoms with van der Waals surface area (Å²) in [6, 6.07) is 16.2. The molecule has 0 fully saturated rings. The lowest BCUT2D eigenvalue weighted by molar-refractivity contribution is -0.146. The quantitative estimate of drug-likeness (QED) is 0.785. The summed E-state index contributed by atoms with van der Waals surface area (Å²) in [4.78, 5) is 10.2. The highest BCUT2D eigenvalue weighted by molar-refractivity contribution is 5.73. The second-order valence-electron chi connectivity index (χ2n) is 4.54. The fourth-order valence-corrected chi connectivity index (χ4v) is 1.77. The van der Waals surface area contributed by atoms with E-state index in [-0.39, 0.29) is 0 Å². The molecule has 0 aliphatic carbocycles. The Kier molecular flexibility index (Phi) is 7.67. The number of nitrogens with two attached hydrogens (primary N) is 1. The van der Waals surface area contributed by atoms with Gasteiger partial charge in [-0.25, -0.2) is 4.79 Å². The third-order valence-electron chi connectivity index (χ3n) is 2.92. The molecule has 0 bridgehead atoms. The fraction of sp³-hybridized carbons (Fsp3) is 0.235. The first-order valence-electron chi connectivity index (χ1n) is 6.87. The third kappa shape index (κ3) is 5.95. The van der Waals surface area contributed by atoms with Gasteiger partial charge in [-0.3, -0.25) is 0 Å². The van der Waals surface area contributed by atoms with Crippen molar-refractivity contribution in [1.82, 2.24) is 0 Å². The van der Waals surface area contributed by atoms with Gasteiger partial charge in [0.2, 0.25) is 0 Å². The van der Waals surface area contributed by atoms with E-state index in [0.29, 0.717) is 12.1 Å². The molecular formula is C17H21NO4. The topological polar surface area (TPSA) is 92.8 Å². The van der Waals surface area contributed by atoms with Gasteiger partial charge < -0.3 is 20.7 Å². The number of hydrogen-bond acceptors (Lipinski definition) is 4. The van der Waals surface area contributed by atoms with Crippen LogP contribution in [0.2, 0.25) is 0 Å². The maximum absolute atomic E-state index is 10.2. The number of aliphatic hydroxyl groups excluding tert-OH is 1.